The van der Waals surface area contributed by atoms with Crippen molar-refractivity contribution in [3.05, 3.63) is 75.2 Å². The number of ether oxygens (including phenoxy) is 1. The van der Waals surface area contributed by atoms with Crippen molar-refractivity contribution in [2.24, 2.45) is 0 Å². The molecule has 1 atom stereocenters. The highest BCUT2D eigenvalue weighted by atomic mass is 35.5. The van der Waals surface area contributed by atoms with Crippen molar-refractivity contribution in [1.29, 1.82) is 0 Å². The zero-order chi connectivity index (χ0) is 25.6. The van der Waals surface area contributed by atoms with Crippen LogP contribution in [0.25, 0.3) is 11.0 Å². The molecule has 3 heterocycles. The standard InChI is InChI=1S/C27H29ClN6O2/c1-15-7-5-6-8-19(15)11-23(35)33-9-10-36-25-20(12-22(28)16(2)21(25)13-33)18(4)34-27-24(17(3)32-34)26(29)30-14-31-27/h5-8,12,14,18H,9-11,13H2,1-4H3,(H2,29,30,31). The van der Waals surface area contributed by atoms with Gasteiger partial charge in [-0.05, 0) is 50.5 Å². The van der Waals surface area contributed by atoms with Gasteiger partial charge in [0, 0.05) is 22.7 Å². The quantitative estimate of drug-likeness (QED) is 0.437. The van der Waals surface area contributed by atoms with Crippen LogP contribution in [0.2, 0.25) is 5.02 Å². The highest BCUT2D eigenvalue weighted by Gasteiger charge is 2.28. The Morgan fingerprint density at radius 2 is 2.00 bits per heavy atom. The molecule has 1 amide bonds. The third kappa shape index (κ3) is 4.15. The molecule has 0 saturated carbocycles. The first-order valence-corrected chi connectivity index (χ1v) is 12.4. The third-order valence-electron chi connectivity index (χ3n) is 7.05. The molecule has 5 rings (SSSR count). The summed E-state index contributed by atoms with van der Waals surface area (Å²) in [4.78, 5) is 23.7. The van der Waals surface area contributed by atoms with E-state index in [2.05, 4.69) is 9.97 Å². The van der Waals surface area contributed by atoms with E-state index < -0.39 is 0 Å². The van der Waals surface area contributed by atoms with Gasteiger partial charge in [-0.15, -0.1) is 0 Å². The van der Waals surface area contributed by atoms with E-state index in [4.69, 9.17) is 27.2 Å². The minimum absolute atomic E-state index is 0.0654. The van der Waals surface area contributed by atoms with E-state index in [9.17, 15) is 4.79 Å². The number of fused-ring (bicyclic) bond motifs is 2. The topological polar surface area (TPSA) is 99.2 Å². The smallest absolute Gasteiger partial charge is 0.227 e. The number of carbonyl (C=O) groups excluding carboxylic acids is 1. The van der Waals surface area contributed by atoms with E-state index in [-0.39, 0.29) is 11.9 Å². The maximum Gasteiger partial charge on any atom is 0.227 e. The molecular weight excluding hydrogens is 476 g/mol. The Hall–Kier alpha value is -3.65. The van der Waals surface area contributed by atoms with Crippen molar-refractivity contribution in [2.75, 3.05) is 18.9 Å². The molecule has 36 heavy (non-hydrogen) atoms. The molecule has 0 saturated heterocycles. The maximum atomic E-state index is 13.3. The number of aryl methyl sites for hydroxylation is 2. The van der Waals surface area contributed by atoms with Gasteiger partial charge in [0.25, 0.3) is 0 Å². The molecule has 0 radical (unpaired) electrons. The van der Waals surface area contributed by atoms with Gasteiger partial charge in [0.05, 0.1) is 30.1 Å². The summed E-state index contributed by atoms with van der Waals surface area (Å²) in [5.41, 5.74) is 12.4. The van der Waals surface area contributed by atoms with E-state index in [1.54, 1.807) is 0 Å². The van der Waals surface area contributed by atoms with Gasteiger partial charge in [0.15, 0.2) is 5.65 Å². The highest BCUT2D eigenvalue weighted by molar-refractivity contribution is 6.31. The Balaban J connectivity index is 1.52. The number of carbonyl (C=O) groups is 1. The average Bonchev–Trinajstić information content (AvgIpc) is 3.05. The molecule has 8 nitrogen and oxygen atoms in total. The molecule has 0 bridgehead atoms. The van der Waals surface area contributed by atoms with Crippen molar-refractivity contribution in [1.82, 2.24) is 24.6 Å². The molecule has 9 heteroatoms. The summed E-state index contributed by atoms with van der Waals surface area (Å²) in [6, 6.07) is 9.67. The van der Waals surface area contributed by atoms with Crippen molar-refractivity contribution in [3.8, 4) is 5.75 Å². The fraction of sp³-hybridized carbons (Fsp3) is 0.333. The zero-order valence-electron chi connectivity index (χ0n) is 20.9. The summed E-state index contributed by atoms with van der Waals surface area (Å²) in [5.74, 6) is 1.21. The predicted molar refractivity (Wildman–Crippen MR) is 140 cm³/mol. The van der Waals surface area contributed by atoms with Crippen LogP contribution in [0.1, 0.15) is 46.5 Å². The van der Waals surface area contributed by atoms with Gasteiger partial charge >= 0.3 is 0 Å². The summed E-state index contributed by atoms with van der Waals surface area (Å²) in [7, 11) is 0. The van der Waals surface area contributed by atoms with E-state index in [0.717, 1.165) is 44.6 Å². The molecule has 0 aliphatic carbocycles. The molecule has 2 aromatic carbocycles. The van der Waals surface area contributed by atoms with Crippen molar-refractivity contribution in [3.63, 3.8) is 0 Å². The second-order valence-corrected chi connectivity index (χ2v) is 9.72. The number of aromatic nitrogens is 4. The highest BCUT2D eigenvalue weighted by Crippen LogP contribution is 2.40. The van der Waals surface area contributed by atoms with Gasteiger partial charge in [-0.2, -0.15) is 5.10 Å². The normalized spacial score (nSPS) is 14.3. The number of nitrogen functional groups attached to an aromatic ring is 1. The average molecular weight is 505 g/mol. The van der Waals surface area contributed by atoms with E-state index in [1.807, 2.05) is 67.6 Å². The van der Waals surface area contributed by atoms with Gasteiger partial charge in [-0.1, -0.05) is 35.9 Å². The molecule has 2 N–H and O–H groups in total. The lowest BCUT2D eigenvalue weighted by Crippen LogP contribution is -2.33. The number of anilines is 1. The minimum atomic E-state index is -0.239. The number of hydrogen-bond donors (Lipinski definition) is 1. The Morgan fingerprint density at radius 3 is 2.78 bits per heavy atom. The summed E-state index contributed by atoms with van der Waals surface area (Å²) >= 11 is 6.73. The Bertz CT molecular complexity index is 1480. The lowest BCUT2D eigenvalue weighted by molar-refractivity contribution is -0.131. The van der Waals surface area contributed by atoms with Crippen LogP contribution < -0.4 is 10.5 Å². The third-order valence-corrected chi connectivity index (χ3v) is 7.44. The minimum Gasteiger partial charge on any atom is -0.491 e. The number of halogens is 1. The lowest BCUT2D eigenvalue weighted by Gasteiger charge is -2.23. The fourth-order valence-electron chi connectivity index (χ4n) is 4.87. The summed E-state index contributed by atoms with van der Waals surface area (Å²) < 4.78 is 8.14. The molecule has 1 aliphatic rings. The number of benzene rings is 2. The van der Waals surface area contributed by atoms with Crippen molar-refractivity contribution in [2.45, 2.75) is 46.7 Å². The Kier molecular flexibility index (Phi) is 6.30. The molecule has 0 fully saturated rings. The van der Waals surface area contributed by atoms with Crippen LogP contribution >= 0.6 is 11.6 Å². The van der Waals surface area contributed by atoms with E-state index in [0.29, 0.717) is 42.6 Å². The predicted octanol–water partition coefficient (Wildman–Crippen LogP) is 4.56. The number of rotatable bonds is 4. The Labute approximate surface area is 215 Å². The maximum absolute atomic E-state index is 13.3. The zero-order valence-corrected chi connectivity index (χ0v) is 21.6. The van der Waals surface area contributed by atoms with Gasteiger partial charge < -0.3 is 15.4 Å². The SMILES string of the molecule is Cc1ccccc1CC(=O)N1CCOc2c(C(C)n3nc(C)c4c(N)ncnc43)cc(Cl)c(C)c2C1. The van der Waals surface area contributed by atoms with Gasteiger partial charge in [0.1, 0.15) is 24.5 Å². The van der Waals surface area contributed by atoms with Crippen LogP contribution in [-0.2, 0) is 17.8 Å². The number of amides is 1. The number of nitrogens with zero attached hydrogens (tertiary/aromatic N) is 5. The first-order chi connectivity index (χ1) is 17.3. The number of nitrogens with two attached hydrogens (primary N) is 1. The summed E-state index contributed by atoms with van der Waals surface area (Å²) in [6.07, 6.45) is 1.80. The van der Waals surface area contributed by atoms with Gasteiger partial charge in [0.2, 0.25) is 5.91 Å². The molecule has 2 aromatic heterocycles. The molecule has 186 valence electrons. The van der Waals surface area contributed by atoms with Crippen molar-refractivity contribution >= 4 is 34.4 Å². The number of hydrogen-bond acceptors (Lipinski definition) is 6. The largest absolute Gasteiger partial charge is 0.491 e. The van der Waals surface area contributed by atoms with Gasteiger partial charge in [-0.3, -0.25) is 4.79 Å². The monoisotopic (exact) mass is 504 g/mol. The summed E-state index contributed by atoms with van der Waals surface area (Å²) in [5, 5.41) is 6.08. The molecule has 1 aliphatic heterocycles. The van der Waals surface area contributed by atoms with Crippen LogP contribution in [0.5, 0.6) is 5.75 Å². The molecule has 0 spiro atoms. The van der Waals surface area contributed by atoms with Crippen LogP contribution in [0.15, 0.2) is 36.7 Å². The summed E-state index contributed by atoms with van der Waals surface area (Å²) in [6.45, 7) is 9.23. The van der Waals surface area contributed by atoms with Crippen molar-refractivity contribution < 1.29 is 9.53 Å². The van der Waals surface area contributed by atoms with Crippen LogP contribution in [0.3, 0.4) is 0 Å². The van der Waals surface area contributed by atoms with E-state index in [1.165, 1.54) is 6.33 Å². The van der Waals surface area contributed by atoms with Crippen LogP contribution in [-0.4, -0.2) is 43.7 Å². The first-order valence-electron chi connectivity index (χ1n) is 12.0. The van der Waals surface area contributed by atoms with Gasteiger partial charge in [-0.25, -0.2) is 14.6 Å². The second-order valence-electron chi connectivity index (χ2n) is 9.31. The van der Waals surface area contributed by atoms with Crippen LogP contribution in [0, 0.1) is 20.8 Å². The fourth-order valence-corrected chi connectivity index (χ4v) is 5.10. The van der Waals surface area contributed by atoms with E-state index >= 15 is 0 Å². The second kappa shape index (κ2) is 9.43. The molecule has 1 unspecified atom stereocenters. The first kappa shape index (κ1) is 24.1. The lowest BCUT2D eigenvalue weighted by atomic mass is 9.98. The Morgan fingerprint density at radius 1 is 1.22 bits per heavy atom. The molecule has 4 aromatic rings. The molecular formula is C27H29ClN6O2. The van der Waals surface area contributed by atoms with Crippen LogP contribution in [0.4, 0.5) is 5.82 Å².